The van der Waals surface area contributed by atoms with Gasteiger partial charge in [-0.3, -0.25) is 19.4 Å². The second-order valence-electron chi connectivity index (χ2n) is 12.6. The molecule has 2 fully saturated rings. The van der Waals surface area contributed by atoms with Crippen LogP contribution in [-0.2, 0) is 9.59 Å². The van der Waals surface area contributed by atoms with E-state index in [1.807, 2.05) is 39.0 Å². The normalized spacial score (nSPS) is 19.9. The number of nitrogens with zero attached hydrogens (tertiary/aromatic N) is 7. The SMILES string of the molecule is CN1CCCN(C(=O)CN2CCCCCCOc3ccccc3N(CC(=O)N3CCCN(C)CC3)c3cncc(c3)C2=O)CC1. The third kappa shape index (κ3) is 8.94. The Labute approximate surface area is 267 Å². The minimum absolute atomic E-state index is 0.0154. The van der Waals surface area contributed by atoms with Gasteiger partial charge in [0.15, 0.2) is 0 Å². The Bertz CT molecular complexity index is 1310. The van der Waals surface area contributed by atoms with Crippen molar-refractivity contribution in [1.82, 2.24) is 29.5 Å². The largest absolute Gasteiger partial charge is 0.491 e. The molecule has 11 heteroatoms. The predicted molar refractivity (Wildman–Crippen MR) is 175 cm³/mol. The van der Waals surface area contributed by atoms with Gasteiger partial charge in [0.05, 0.1) is 29.7 Å². The summed E-state index contributed by atoms with van der Waals surface area (Å²) in [6.07, 6.45) is 8.67. The number of hydrogen-bond acceptors (Lipinski definition) is 8. The van der Waals surface area contributed by atoms with Crippen molar-refractivity contribution in [3.05, 3.63) is 48.3 Å². The maximum absolute atomic E-state index is 14.1. The number of aromatic nitrogens is 1. The van der Waals surface area contributed by atoms with Crippen molar-refractivity contribution >= 4 is 29.1 Å². The summed E-state index contributed by atoms with van der Waals surface area (Å²) < 4.78 is 6.28. The zero-order valence-corrected chi connectivity index (χ0v) is 27.0. The van der Waals surface area contributed by atoms with Crippen LogP contribution in [-0.4, -0.2) is 140 Å². The highest BCUT2D eigenvalue weighted by Gasteiger charge is 2.27. The zero-order chi connectivity index (χ0) is 31.6. The van der Waals surface area contributed by atoms with Gasteiger partial charge in [-0.05, 0) is 71.1 Å². The fraction of sp³-hybridized carbons (Fsp3) is 0.588. The Morgan fingerprint density at radius 3 is 2.13 bits per heavy atom. The molecular formula is C34H49N7O4. The molecule has 0 saturated carbocycles. The van der Waals surface area contributed by atoms with Crippen LogP contribution in [0.25, 0.3) is 0 Å². The van der Waals surface area contributed by atoms with Crippen LogP contribution < -0.4 is 9.64 Å². The van der Waals surface area contributed by atoms with Gasteiger partial charge in [0, 0.05) is 52.0 Å². The number of amides is 3. The molecule has 0 spiro atoms. The molecule has 1 aromatic carbocycles. The summed E-state index contributed by atoms with van der Waals surface area (Å²) >= 11 is 0. The number of fused-ring (bicyclic) bond motifs is 3. The van der Waals surface area contributed by atoms with Crippen molar-refractivity contribution in [2.75, 3.05) is 97.6 Å². The number of hydrogen-bond donors (Lipinski definition) is 0. The van der Waals surface area contributed by atoms with E-state index in [0.717, 1.165) is 70.4 Å². The lowest BCUT2D eigenvalue weighted by Gasteiger charge is -2.30. The van der Waals surface area contributed by atoms with E-state index in [2.05, 4.69) is 28.9 Å². The Morgan fingerprint density at radius 1 is 0.733 bits per heavy atom. The quantitative estimate of drug-likeness (QED) is 0.516. The van der Waals surface area contributed by atoms with E-state index in [0.29, 0.717) is 56.3 Å². The van der Waals surface area contributed by atoms with Crippen molar-refractivity contribution in [1.29, 1.82) is 0 Å². The third-order valence-electron chi connectivity index (χ3n) is 9.07. The van der Waals surface area contributed by atoms with Crippen LogP contribution >= 0.6 is 0 Å². The molecule has 5 rings (SSSR count). The van der Waals surface area contributed by atoms with Crippen LogP contribution in [0.15, 0.2) is 42.7 Å². The van der Waals surface area contributed by atoms with Crippen LogP contribution in [0.3, 0.4) is 0 Å². The molecule has 3 aliphatic heterocycles. The van der Waals surface area contributed by atoms with E-state index < -0.39 is 0 Å². The summed E-state index contributed by atoms with van der Waals surface area (Å²) in [6.45, 7) is 7.54. The highest BCUT2D eigenvalue weighted by Crippen LogP contribution is 2.34. The van der Waals surface area contributed by atoms with Crippen LogP contribution in [0.5, 0.6) is 5.75 Å². The first-order chi connectivity index (χ1) is 21.9. The van der Waals surface area contributed by atoms with E-state index in [1.54, 1.807) is 23.4 Å². The maximum atomic E-state index is 14.1. The molecule has 3 amide bonds. The first kappa shape index (κ1) is 32.7. The number of rotatable bonds is 4. The summed E-state index contributed by atoms with van der Waals surface area (Å²) in [5.41, 5.74) is 1.80. The molecule has 4 heterocycles. The summed E-state index contributed by atoms with van der Waals surface area (Å²) in [5, 5.41) is 0. The monoisotopic (exact) mass is 619 g/mol. The number of para-hydroxylation sites is 2. The maximum Gasteiger partial charge on any atom is 0.255 e. The predicted octanol–water partition coefficient (Wildman–Crippen LogP) is 2.94. The minimum atomic E-state index is -0.217. The summed E-state index contributed by atoms with van der Waals surface area (Å²) in [6, 6.07) is 9.56. The highest BCUT2D eigenvalue weighted by molar-refractivity contribution is 5.97. The highest BCUT2D eigenvalue weighted by atomic mass is 16.5. The lowest BCUT2D eigenvalue weighted by molar-refractivity contribution is -0.132. The van der Waals surface area contributed by atoms with Crippen molar-refractivity contribution in [2.45, 2.75) is 38.5 Å². The van der Waals surface area contributed by atoms with Gasteiger partial charge in [0.1, 0.15) is 18.8 Å². The lowest BCUT2D eigenvalue weighted by Crippen LogP contribution is -2.44. The molecule has 0 unspecified atom stereocenters. The fourth-order valence-corrected chi connectivity index (χ4v) is 6.28. The first-order valence-corrected chi connectivity index (χ1v) is 16.6. The van der Waals surface area contributed by atoms with E-state index in [1.165, 1.54) is 0 Å². The average Bonchev–Trinajstić information content (AvgIpc) is 3.41. The molecule has 2 aromatic rings. The molecule has 2 bridgehead atoms. The smallest absolute Gasteiger partial charge is 0.255 e. The number of benzene rings is 1. The fourth-order valence-electron chi connectivity index (χ4n) is 6.28. The molecule has 0 radical (unpaired) electrons. The van der Waals surface area contributed by atoms with Gasteiger partial charge in [-0.25, -0.2) is 0 Å². The summed E-state index contributed by atoms with van der Waals surface area (Å²) in [5.74, 6) is 0.483. The number of carbonyl (C=O) groups excluding carboxylic acids is 3. The Hall–Kier alpha value is -3.70. The average molecular weight is 620 g/mol. The van der Waals surface area contributed by atoms with Gasteiger partial charge in [0.25, 0.3) is 5.91 Å². The Kier molecular flexibility index (Phi) is 11.6. The second-order valence-corrected chi connectivity index (χ2v) is 12.6. The molecule has 0 N–H and O–H groups in total. The number of pyridine rings is 1. The molecule has 1 aromatic heterocycles. The van der Waals surface area contributed by atoms with Crippen molar-refractivity contribution < 1.29 is 19.1 Å². The zero-order valence-electron chi connectivity index (χ0n) is 27.0. The van der Waals surface area contributed by atoms with Gasteiger partial charge in [-0.2, -0.15) is 0 Å². The molecule has 244 valence electrons. The lowest BCUT2D eigenvalue weighted by atomic mass is 10.1. The molecule has 45 heavy (non-hydrogen) atoms. The van der Waals surface area contributed by atoms with Gasteiger partial charge >= 0.3 is 0 Å². The van der Waals surface area contributed by atoms with Crippen molar-refractivity contribution in [2.24, 2.45) is 0 Å². The van der Waals surface area contributed by atoms with Gasteiger partial charge < -0.3 is 34.1 Å². The molecular weight excluding hydrogens is 570 g/mol. The van der Waals surface area contributed by atoms with Gasteiger partial charge in [-0.15, -0.1) is 0 Å². The molecule has 11 nitrogen and oxygen atoms in total. The minimum Gasteiger partial charge on any atom is -0.491 e. The standard InChI is InChI=1S/C34H49N7O4/c1-36-13-9-16-38(20-18-36)32(42)26-40-15-7-3-4-8-22-45-31-12-6-5-11-30(31)41(29-23-28(34(40)44)24-35-25-29)27-33(43)39-17-10-14-37(2)19-21-39/h5-6,11-12,23-25H,3-4,7-10,13-22,26-27H2,1-2H3. The first-order valence-electron chi connectivity index (χ1n) is 16.6. The topological polar surface area (TPSA) is 92.8 Å². The Morgan fingerprint density at radius 2 is 1.40 bits per heavy atom. The van der Waals surface area contributed by atoms with Crippen molar-refractivity contribution in [3.8, 4) is 5.75 Å². The molecule has 0 atom stereocenters. The van der Waals surface area contributed by atoms with Crippen LogP contribution in [0.2, 0.25) is 0 Å². The third-order valence-corrected chi connectivity index (χ3v) is 9.07. The Balaban J connectivity index is 1.44. The van der Waals surface area contributed by atoms with E-state index >= 15 is 0 Å². The van der Waals surface area contributed by atoms with Gasteiger partial charge in [-0.1, -0.05) is 25.0 Å². The van der Waals surface area contributed by atoms with E-state index in [9.17, 15) is 14.4 Å². The van der Waals surface area contributed by atoms with E-state index in [4.69, 9.17) is 4.74 Å². The van der Waals surface area contributed by atoms with Gasteiger partial charge in [0.2, 0.25) is 11.8 Å². The van der Waals surface area contributed by atoms with Crippen molar-refractivity contribution in [3.63, 3.8) is 0 Å². The summed E-state index contributed by atoms with van der Waals surface area (Å²) in [7, 11) is 4.16. The number of anilines is 2. The van der Waals surface area contributed by atoms with Crippen LogP contribution in [0.4, 0.5) is 11.4 Å². The summed E-state index contributed by atoms with van der Waals surface area (Å²) in [4.78, 5) is 57.7. The number of carbonyl (C=O) groups is 3. The van der Waals surface area contributed by atoms with Crippen LogP contribution in [0, 0.1) is 0 Å². The van der Waals surface area contributed by atoms with E-state index in [-0.39, 0.29) is 30.8 Å². The molecule has 0 aliphatic carbocycles. The number of likely N-dealkylation sites (N-methyl/N-ethyl adjacent to an activating group) is 2. The van der Waals surface area contributed by atoms with Crippen LogP contribution in [0.1, 0.15) is 48.9 Å². The number of ether oxygens (including phenoxy) is 1. The molecule has 3 aliphatic rings. The second kappa shape index (κ2) is 16.0. The molecule has 2 saturated heterocycles.